The van der Waals surface area contributed by atoms with Crippen LogP contribution in [-0.2, 0) is 9.59 Å². The van der Waals surface area contributed by atoms with Gasteiger partial charge < -0.3 is 15.5 Å². The molecule has 1 aliphatic rings. The minimum absolute atomic E-state index is 0.107. The van der Waals surface area contributed by atoms with Crippen LogP contribution in [0.4, 0.5) is 0 Å². The van der Waals surface area contributed by atoms with Crippen molar-refractivity contribution in [2.75, 3.05) is 31.9 Å². The zero-order valence-electron chi connectivity index (χ0n) is 14.5. The molecule has 5 nitrogen and oxygen atoms in total. The molecule has 0 aromatic heterocycles. The molecule has 1 aromatic rings. The number of benzene rings is 1. The van der Waals surface area contributed by atoms with E-state index in [0.29, 0.717) is 12.3 Å². The molecule has 2 amide bonds. The van der Waals surface area contributed by atoms with E-state index in [1.807, 2.05) is 31.2 Å². The second kappa shape index (κ2) is 9.69. The Bertz CT molecular complexity index is 542. The Morgan fingerprint density at radius 2 is 1.88 bits per heavy atom. The van der Waals surface area contributed by atoms with Crippen LogP contribution in [0, 0.1) is 6.92 Å². The molecule has 1 saturated heterocycles. The van der Waals surface area contributed by atoms with Gasteiger partial charge in [0.15, 0.2) is 0 Å². The lowest BCUT2D eigenvalue weighted by molar-refractivity contribution is -0.127. The van der Waals surface area contributed by atoms with Gasteiger partial charge in [-0.2, -0.15) is 0 Å². The fourth-order valence-electron chi connectivity index (χ4n) is 2.71. The number of nitrogens with one attached hydrogen (secondary N) is 2. The summed E-state index contributed by atoms with van der Waals surface area (Å²) < 4.78 is 0. The molecule has 1 unspecified atom stereocenters. The lowest BCUT2D eigenvalue weighted by Crippen LogP contribution is -2.49. The van der Waals surface area contributed by atoms with E-state index in [0.717, 1.165) is 24.5 Å². The van der Waals surface area contributed by atoms with Gasteiger partial charge in [0, 0.05) is 30.7 Å². The van der Waals surface area contributed by atoms with Crippen molar-refractivity contribution >= 4 is 23.6 Å². The molecule has 1 fully saturated rings. The molecule has 2 rings (SSSR count). The first-order valence-corrected chi connectivity index (χ1v) is 9.50. The number of carbonyl (C=O) groups excluding carboxylic acids is 2. The summed E-state index contributed by atoms with van der Waals surface area (Å²) >= 11 is 1.58. The van der Waals surface area contributed by atoms with Gasteiger partial charge in [-0.3, -0.25) is 9.59 Å². The molecule has 0 saturated carbocycles. The minimum atomic E-state index is -0.507. The molecule has 0 radical (unpaired) electrons. The van der Waals surface area contributed by atoms with Crippen molar-refractivity contribution in [3.63, 3.8) is 0 Å². The Balaban J connectivity index is 1.80. The fourth-order valence-corrected chi connectivity index (χ4v) is 3.63. The minimum Gasteiger partial charge on any atom is -0.353 e. The summed E-state index contributed by atoms with van der Waals surface area (Å²) in [5.74, 6) is 0.237. The summed E-state index contributed by atoms with van der Waals surface area (Å²) in [5.41, 5.74) is 1.21. The number of nitrogens with zero attached hydrogens (tertiary/aromatic N) is 1. The van der Waals surface area contributed by atoms with Crippen molar-refractivity contribution in [1.82, 2.24) is 15.5 Å². The van der Waals surface area contributed by atoms with E-state index in [1.165, 1.54) is 25.3 Å². The van der Waals surface area contributed by atoms with Crippen LogP contribution >= 0.6 is 11.8 Å². The van der Waals surface area contributed by atoms with Gasteiger partial charge in [0.2, 0.25) is 11.8 Å². The predicted octanol–water partition coefficient (Wildman–Crippen LogP) is 1.80. The van der Waals surface area contributed by atoms with Crippen molar-refractivity contribution in [2.24, 2.45) is 0 Å². The van der Waals surface area contributed by atoms with Gasteiger partial charge in [0.25, 0.3) is 0 Å². The van der Waals surface area contributed by atoms with E-state index in [2.05, 4.69) is 15.5 Å². The van der Waals surface area contributed by atoms with Crippen LogP contribution in [0.1, 0.15) is 25.3 Å². The lowest BCUT2D eigenvalue weighted by atomic mass is 10.2. The number of likely N-dealkylation sites (tertiary alicyclic amines) is 1. The Labute approximate surface area is 148 Å². The van der Waals surface area contributed by atoms with Gasteiger partial charge in [0.1, 0.15) is 6.04 Å². The molecular weight excluding hydrogens is 322 g/mol. The highest BCUT2D eigenvalue weighted by atomic mass is 32.2. The number of thioether (sulfide) groups is 1. The van der Waals surface area contributed by atoms with Crippen LogP contribution in [0.3, 0.4) is 0 Å². The van der Waals surface area contributed by atoms with Crippen LogP contribution in [0.2, 0.25) is 0 Å². The maximum atomic E-state index is 12.4. The number of aryl methyl sites for hydroxylation is 1. The molecule has 1 aromatic carbocycles. The zero-order chi connectivity index (χ0) is 17.4. The van der Waals surface area contributed by atoms with Gasteiger partial charge in [-0.1, -0.05) is 17.7 Å². The molecule has 0 spiro atoms. The first kappa shape index (κ1) is 18.8. The van der Waals surface area contributed by atoms with Crippen LogP contribution < -0.4 is 10.6 Å². The molecule has 0 aliphatic carbocycles. The molecule has 1 atom stereocenters. The molecule has 1 heterocycles. The Morgan fingerprint density at radius 3 is 2.50 bits per heavy atom. The third-order valence-corrected chi connectivity index (χ3v) is 5.16. The maximum absolute atomic E-state index is 12.4. The molecule has 0 bridgehead atoms. The van der Waals surface area contributed by atoms with Gasteiger partial charge in [0.05, 0.1) is 0 Å². The van der Waals surface area contributed by atoms with Crippen LogP contribution in [0.5, 0.6) is 0 Å². The highest BCUT2D eigenvalue weighted by molar-refractivity contribution is 7.99. The third kappa shape index (κ3) is 6.53. The summed E-state index contributed by atoms with van der Waals surface area (Å²) in [6.45, 7) is 7.24. The SMILES string of the molecule is CC(=O)NC(CSc1ccc(C)cc1)C(=O)NCCN1CCCC1. The average molecular weight is 350 g/mol. The first-order chi connectivity index (χ1) is 11.5. The monoisotopic (exact) mass is 349 g/mol. The molecule has 1 aliphatic heterocycles. The Morgan fingerprint density at radius 1 is 1.21 bits per heavy atom. The summed E-state index contributed by atoms with van der Waals surface area (Å²) in [4.78, 5) is 27.2. The van der Waals surface area contributed by atoms with E-state index in [9.17, 15) is 9.59 Å². The van der Waals surface area contributed by atoms with Crippen LogP contribution in [0.25, 0.3) is 0 Å². The molecule has 24 heavy (non-hydrogen) atoms. The Hall–Kier alpha value is -1.53. The van der Waals surface area contributed by atoms with Crippen molar-refractivity contribution in [2.45, 2.75) is 37.6 Å². The van der Waals surface area contributed by atoms with E-state index < -0.39 is 6.04 Å². The largest absolute Gasteiger partial charge is 0.353 e. The molecule has 6 heteroatoms. The van der Waals surface area contributed by atoms with E-state index in [-0.39, 0.29) is 11.8 Å². The summed E-state index contributed by atoms with van der Waals surface area (Å²) in [6, 6.07) is 7.66. The predicted molar refractivity (Wildman–Crippen MR) is 98.2 cm³/mol. The fraction of sp³-hybridized carbons (Fsp3) is 0.556. The zero-order valence-corrected chi connectivity index (χ0v) is 15.3. The summed E-state index contributed by atoms with van der Waals surface area (Å²) in [6.07, 6.45) is 2.49. The van der Waals surface area contributed by atoms with Crippen LogP contribution in [0.15, 0.2) is 29.2 Å². The van der Waals surface area contributed by atoms with Crippen molar-refractivity contribution in [3.8, 4) is 0 Å². The highest BCUT2D eigenvalue weighted by Gasteiger charge is 2.20. The van der Waals surface area contributed by atoms with Crippen molar-refractivity contribution < 1.29 is 9.59 Å². The number of amides is 2. The normalized spacial score (nSPS) is 15.9. The molecule has 2 N–H and O–H groups in total. The standard InChI is InChI=1S/C18H27N3O2S/c1-14-5-7-16(8-6-14)24-13-17(20-15(2)22)18(23)19-9-12-21-10-3-4-11-21/h5-8,17H,3-4,9-13H2,1-2H3,(H,19,23)(H,20,22). The molecular formula is C18H27N3O2S. The van der Waals surface area contributed by atoms with E-state index in [4.69, 9.17) is 0 Å². The summed E-state index contributed by atoms with van der Waals surface area (Å²) in [7, 11) is 0. The first-order valence-electron chi connectivity index (χ1n) is 8.51. The Kier molecular flexibility index (Phi) is 7.59. The quantitative estimate of drug-likeness (QED) is 0.703. The number of hydrogen-bond acceptors (Lipinski definition) is 4. The number of hydrogen-bond donors (Lipinski definition) is 2. The van der Waals surface area contributed by atoms with Gasteiger partial charge in [-0.15, -0.1) is 11.8 Å². The van der Waals surface area contributed by atoms with Crippen molar-refractivity contribution in [1.29, 1.82) is 0 Å². The molecule has 132 valence electrons. The van der Waals surface area contributed by atoms with E-state index >= 15 is 0 Å². The summed E-state index contributed by atoms with van der Waals surface area (Å²) in [5, 5.41) is 5.71. The second-order valence-corrected chi connectivity index (χ2v) is 7.31. The van der Waals surface area contributed by atoms with Crippen molar-refractivity contribution in [3.05, 3.63) is 29.8 Å². The topological polar surface area (TPSA) is 61.4 Å². The van der Waals surface area contributed by atoms with Gasteiger partial charge in [-0.25, -0.2) is 0 Å². The average Bonchev–Trinajstić information content (AvgIpc) is 3.06. The van der Waals surface area contributed by atoms with E-state index in [1.54, 1.807) is 11.8 Å². The highest BCUT2D eigenvalue weighted by Crippen LogP contribution is 2.19. The third-order valence-electron chi connectivity index (χ3n) is 4.06. The van der Waals surface area contributed by atoms with Crippen LogP contribution in [-0.4, -0.2) is 54.7 Å². The van der Waals surface area contributed by atoms with Gasteiger partial charge >= 0.3 is 0 Å². The smallest absolute Gasteiger partial charge is 0.243 e. The second-order valence-electron chi connectivity index (χ2n) is 6.22. The number of carbonyl (C=O) groups is 2. The maximum Gasteiger partial charge on any atom is 0.243 e. The lowest BCUT2D eigenvalue weighted by Gasteiger charge is -2.19. The van der Waals surface area contributed by atoms with Gasteiger partial charge in [-0.05, 0) is 45.0 Å². The number of rotatable bonds is 8.